The van der Waals surface area contributed by atoms with E-state index in [-0.39, 0.29) is 17.8 Å². The van der Waals surface area contributed by atoms with Gasteiger partial charge in [0.25, 0.3) is 0 Å². The Morgan fingerprint density at radius 3 is 2.25 bits per heavy atom. The van der Waals surface area contributed by atoms with Gasteiger partial charge >= 0.3 is 5.97 Å². The van der Waals surface area contributed by atoms with Crippen molar-refractivity contribution in [2.24, 2.45) is 11.8 Å². The van der Waals surface area contributed by atoms with Gasteiger partial charge in [-0.25, -0.2) is 0 Å². The summed E-state index contributed by atoms with van der Waals surface area (Å²) in [6.45, 7) is 7.47. The van der Waals surface area contributed by atoms with Crippen molar-refractivity contribution in [2.75, 3.05) is 6.61 Å². The van der Waals surface area contributed by atoms with Gasteiger partial charge in [-0.1, -0.05) is 13.8 Å². The number of aliphatic hydroxyl groups excluding tert-OH is 1. The molecule has 0 aliphatic rings. The lowest BCUT2D eigenvalue weighted by Gasteiger charge is -2.20. The molecule has 1 N–H and O–H groups in total. The molecule has 0 saturated carbocycles. The standard InChI is InChI=1S/C9H18O3/c1-5-12-9(11)7(3)6(2)8(4)10/h6-8,10H,5H2,1-4H3. The van der Waals surface area contributed by atoms with E-state index in [4.69, 9.17) is 4.74 Å². The molecule has 0 aromatic rings. The lowest BCUT2D eigenvalue weighted by atomic mass is 9.92. The van der Waals surface area contributed by atoms with Crippen LogP contribution in [0.3, 0.4) is 0 Å². The molecule has 0 amide bonds. The second-order valence-corrected chi connectivity index (χ2v) is 3.14. The van der Waals surface area contributed by atoms with Gasteiger partial charge in [0.1, 0.15) is 0 Å². The smallest absolute Gasteiger partial charge is 0.309 e. The van der Waals surface area contributed by atoms with Crippen LogP contribution in [-0.2, 0) is 9.53 Å². The summed E-state index contributed by atoms with van der Waals surface area (Å²) in [4.78, 5) is 11.2. The van der Waals surface area contributed by atoms with Crippen LogP contribution in [-0.4, -0.2) is 23.8 Å². The maximum absolute atomic E-state index is 11.2. The summed E-state index contributed by atoms with van der Waals surface area (Å²) in [5, 5.41) is 9.20. The summed E-state index contributed by atoms with van der Waals surface area (Å²) < 4.78 is 4.82. The minimum Gasteiger partial charge on any atom is -0.466 e. The fourth-order valence-electron chi connectivity index (χ4n) is 0.906. The summed E-state index contributed by atoms with van der Waals surface area (Å²) >= 11 is 0. The van der Waals surface area contributed by atoms with Crippen LogP contribution in [0, 0.1) is 11.8 Å². The number of carbonyl (C=O) groups is 1. The maximum atomic E-state index is 11.2. The highest BCUT2D eigenvalue weighted by molar-refractivity contribution is 5.72. The first-order valence-electron chi connectivity index (χ1n) is 4.35. The van der Waals surface area contributed by atoms with Crippen molar-refractivity contribution in [3.8, 4) is 0 Å². The van der Waals surface area contributed by atoms with E-state index in [0.29, 0.717) is 6.61 Å². The molecule has 0 aliphatic heterocycles. The average Bonchev–Trinajstić information content (AvgIpc) is 2.02. The largest absolute Gasteiger partial charge is 0.466 e. The molecule has 0 rings (SSSR count). The van der Waals surface area contributed by atoms with Gasteiger partial charge in [-0.05, 0) is 19.8 Å². The molecule has 72 valence electrons. The predicted molar refractivity (Wildman–Crippen MR) is 46.6 cm³/mol. The zero-order valence-electron chi connectivity index (χ0n) is 8.20. The number of carbonyl (C=O) groups excluding carboxylic acids is 1. The summed E-state index contributed by atoms with van der Waals surface area (Å²) in [6, 6.07) is 0. The molecule has 0 saturated heterocycles. The third-order valence-electron chi connectivity index (χ3n) is 2.21. The number of rotatable bonds is 4. The van der Waals surface area contributed by atoms with E-state index < -0.39 is 6.10 Å². The second-order valence-electron chi connectivity index (χ2n) is 3.14. The highest BCUT2D eigenvalue weighted by atomic mass is 16.5. The molecule has 0 fully saturated rings. The molecule has 12 heavy (non-hydrogen) atoms. The van der Waals surface area contributed by atoms with Gasteiger partial charge in [-0.3, -0.25) is 4.79 Å². The van der Waals surface area contributed by atoms with E-state index in [0.717, 1.165) is 0 Å². The Hall–Kier alpha value is -0.570. The zero-order valence-corrected chi connectivity index (χ0v) is 8.20. The Balaban J connectivity index is 4.00. The predicted octanol–water partition coefficient (Wildman–Crippen LogP) is 1.20. The Labute approximate surface area is 73.7 Å². The lowest BCUT2D eigenvalue weighted by molar-refractivity contribution is -0.150. The summed E-state index contributed by atoms with van der Waals surface area (Å²) in [6.07, 6.45) is -0.468. The number of esters is 1. The molecule has 0 bridgehead atoms. The monoisotopic (exact) mass is 174 g/mol. The topological polar surface area (TPSA) is 46.5 Å². The van der Waals surface area contributed by atoms with Gasteiger partial charge in [0.2, 0.25) is 0 Å². The Kier molecular flexibility index (Phi) is 4.90. The molecule has 3 atom stereocenters. The molecule has 0 aromatic heterocycles. The number of hydrogen-bond donors (Lipinski definition) is 1. The molecule has 3 nitrogen and oxygen atoms in total. The number of ether oxygens (including phenoxy) is 1. The van der Waals surface area contributed by atoms with E-state index in [9.17, 15) is 9.90 Å². The van der Waals surface area contributed by atoms with Crippen molar-refractivity contribution >= 4 is 5.97 Å². The minimum atomic E-state index is -0.468. The van der Waals surface area contributed by atoms with Crippen molar-refractivity contribution < 1.29 is 14.6 Å². The average molecular weight is 174 g/mol. The normalized spacial score (nSPS) is 18.1. The van der Waals surface area contributed by atoms with E-state index in [1.807, 2.05) is 6.92 Å². The van der Waals surface area contributed by atoms with E-state index in [1.165, 1.54) is 0 Å². The summed E-state index contributed by atoms with van der Waals surface area (Å²) in [5.41, 5.74) is 0. The van der Waals surface area contributed by atoms with Crippen molar-refractivity contribution in [3.63, 3.8) is 0 Å². The second kappa shape index (κ2) is 5.14. The molecule has 0 spiro atoms. The van der Waals surface area contributed by atoms with Gasteiger partial charge in [0.15, 0.2) is 0 Å². The van der Waals surface area contributed by atoms with Crippen molar-refractivity contribution in [3.05, 3.63) is 0 Å². The van der Waals surface area contributed by atoms with Crippen molar-refractivity contribution in [2.45, 2.75) is 33.8 Å². The van der Waals surface area contributed by atoms with Crippen LogP contribution in [0.15, 0.2) is 0 Å². The fourth-order valence-corrected chi connectivity index (χ4v) is 0.906. The van der Waals surface area contributed by atoms with E-state index >= 15 is 0 Å². The highest BCUT2D eigenvalue weighted by Crippen LogP contribution is 2.16. The number of hydrogen-bond acceptors (Lipinski definition) is 3. The Bertz CT molecular complexity index is 143. The summed E-state index contributed by atoms with van der Waals surface area (Å²) in [7, 11) is 0. The van der Waals surface area contributed by atoms with Gasteiger partial charge in [0.05, 0.1) is 18.6 Å². The third-order valence-corrected chi connectivity index (χ3v) is 2.21. The van der Waals surface area contributed by atoms with Gasteiger partial charge in [-0.2, -0.15) is 0 Å². The minimum absolute atomic E-state index is 0.0518. The van der Waals surface area contributed by atoms with Crippen LogP contribution < -0.4 is 0 Å². The SMILES string of the molecule is CCOC(=O)C(C)C(C)C(C)O. The quantitative estimate of drug-likeness (QED) is 0.651. The Morgan fingerprint density at radius 1 is 1.42 bits per heavy atom. The van der Waals surface area contributed by atoms with Crippen LogP contribution in [0.25, 0.3) is 0 Å². The van der Waals surface area contributed by atoms with Crippen LogP contribution in [0.1, 0.15) is 27.7 Å². The molecule has 3 unspecified atom stereocenters. The first kappa shape index (κ1) is 11.4. The van der Waals surface area contributed by atoms with Gasteiger partial charge in [0, 0.05) is 0 Å². The van der Waals surface area contributed by atoms with E-state index in [1.54, 1.807) is 20.8 Å². The van der Waals surface area contributed by atoms with Gasteiger partial charge in [-0.15, -0.1) is 0 Å². The van der Waals surface area contributed by atoms with E-state index in [2.05, 4.69) is 0 Å². The molecular weight excluding hydrogens is 156 g/mol. The first-order chi connectivity index (χ1) is 5.50. The fraction of sp³-hybridized carbons (Fsp3) is 0.889. The molecule has 3 heteroatoms. The number of aliphatic hydroxyl groups is 1. The van der Waals surface area contributed by atoms with Crippen LogP contribution in [0.5, 0.6) is 0 Å². The molecule has 0 aromatic carbocycles. The summed E-state index contributed by atoms with van der Waals surface area (Å²) in [5.74, 6) is -0.514. The maximum Gasteiger partial charge on any atom is 0.309 e. The van der Waals surface area contributed by atoms with Gasteiger partial charge < -0.3 is 9.84 Å². The van der Waals surface area contributed by atoms with Crippen molar-refractivity contribution in [1.29, 1.82) is 0 Å². The highest BCUT2D eigenvalue weighted by Gasteiger charge is 2.24. The first-order valence-corrected chi connectivity index (χ1v) is 4.35. The van der Waals surface area contributed by atoms with Crippen molar-refractivity contribution in [1.82, 2.24) is 0 Å². The molecule has 0 radical (unpaired) electrons. The molecule has 0 heterocycles. The van der Waals surface area contributed by atoms with Crippen LogP contribution in [0.4, 0.5) is 0 Å². The van der Waals surface area contributed by atoms with Crippen LogP contribution >= 0.6 is 0 Å². The van der Waals surface area contributed by atoms with Crippen LogP contribution in [0.2, 0.25) is 0 Å². The Morgan fingerprint density at radius 2 is 1.92 bits per heavy atom. The molecule has 0 aliphatic carbocycles. The molecular formula is C9H18O3. The third kappa shape index (κ3) is 3.22. The zero-order chi connectivity index (χ0) is 9.72. The lowest BCUT2D eigenvalue weighted by Crippen LogP contribution is -2.28.